The highest BCUT2D eigenvalue weighted by Gasteiger charge is 2.16. The third-order valence-corrected chi connectivity index (χ3v) is 3.94. The Labute approximate surface area is 134 Å². The number of anilines is 1. The van der Waals surface area contributed by atoms with E-state index in [0.717, 1.165) is 16.6 Å². The molecule has 0 saturated carbocycles. The van der Waals surface area contributed by atoms with Gasteiger partial charge in [-0.05, 0) is 26.2 Å². The summed E-state index contributed by atoms with van der Waals surface area (Å²) >= 11 is 0. The molecule has 0 bridgehead atoms. The Morgan fingerprint density at radius 1 is 1.30 bits per heavy atom. The fraction of sp³-hybridized carbons (Fsp3) is 0.294. The smallest absolute Gasteiger partial charge is 0.149 e. The van der Waals surface area contributed by atoms with Crippen molar-refractivity contribution < 1.29 is 4.39 Å². The van der Waals surface area contributed by atoms with Crippen molar-refractivity contribution in [1.82, 2.24) is 19.7 Å². The summed E-state index contributed by atoms with van der Waals surface area (Å²) in [4.78, 5) is 6.26. The minimum Gasteiger partial charge on any atom is -0.383 e. The van der Waals surface area contributed by atoms with Gasteiger partial charge in [-0.3, -0.25) is 9.67 Å². The topological polar surface area (TPSA) is 46.0 Å². The number of likely N-dealkylation sites (N-methyl/N-ethyl adjacent to an activating group) is 1. The fourth-order valence-corrected chi connectivity index (χ4v) is 2.71. The molecule has 6 heteroatoms. The second kappa shape index (κ2) is 6.34. The van der Waals surface area contributed by atoms with Crippen LogP contribution in [0, 0.1) is 5.82 Å². The predicted molar refractivity (Wildman–Crippen MR) is 89.8 cm³/mol. The average Bonchev–Trinajstić information content (AvgIpc) is 2.94. The molecule has 1 N–H and O–H groups in total. The molecule has 2 heterocycles. The van der Waals surface area contributed by atoms with Crippen molar-refractivity contribution in [3.8, 4) is 0 Å². The van der Waals surface area contributed by atoms with Crippen LogP contribution < -0.4 is 5.32 Å². The largest absolute Gasteiger partial charge is 0.383 e. The molecule has 5 nitrogen and oxygen atoms in total. The second-order valence-electron chi connectivity index (χ2n) is 5.80. The summed E-state index contributed by atoms with van der Waals surface area (Å²) in [5, 5.41) is 8.45. The number of nitrogens with zero attached hydrogens (tertiary/aromatic N) is 4. The number of hydrogen-bond acceptors (Lipinski definition) is 4. The van der Waals surface area contributed by atoms with Crippen LogP contribution in [0.25, 0.3) is 10.9 Å². The maximum Gasteiger partial charge on any atom is 0.149 e. The molecular formula is C17H20FN5. The summed E-state index contributed by atoms with van der Waals surface area (Å²) in [6, 6.07) is 7.05. The molecule has 0 aliphatic rings. The zero-order valence-corrected chi connectivity index (χ0v) is 13.5. The van der Waals surface area contributed by atoms with E-state index >= 15 is 0 Å². The van der Waals surface area contributed by atoms with E-state index in [9.17, 15) is 4.39 Å². The van der Waals surface area contributed by atoms with Crippen molar-refractivity contribution in [2.45, 2.75) is 6.04 Å². The molecule has 0 saturated heterocycles. The first-order valence-electron chi connectivity index (χ1n) is 7.48. The molecule has 2 aromatic heterocycles. The Morgan fingerprint density at radius 3 is 2.83 bits per heavy atom. The van der Waals surface area contributed by atoms with Crippen molar-refractivity contribution in [3.63, 3.8) is 0 Å². The minimum absolute atomic E-state index is 0.167. The van der Waals surface area contributed by atoms with Crippen LogP contribution in [-0.2, 0) is 7.05 Å². The van der Waals surface area contributed by atoms with Crippen molar-refractivity contribution in [2.24, 2.45) is 7.05 Å². The summed E-state index contributed by atoms with van der Waals surface area (Å²) in [5.41, 5.74) is 2.40. The van der Waals surface area contributed by atoms with E-state index in [0.29, 0.717) is 12.1 Å². The summed E-state index contributed by atoms with van der Waals surface area (Å²) in [7, 11) is 5.97. The molecule has 0 aliphatic carbocycles. The molecule has 0 unspecified atom stereocenters. The number of aryl methyl sites for hydroxylation is 1. The van der Waals surface area contributed by atoms with Crippen LogP contribution in [0.2, 0.25) is 0 Å². The summed E-state index contributed by atoms with van der Waals surface area (Å²) in [6.45, 7) is 0.689. The van der Waals surface area contributed by atoms with Gasteiger partial charge in [0.05, 0.1) is 12.2 Å². The van der Waals surface area contributed by atoms with E-state index in [1.807, 2.05) is 45.7 Å². The molecule has 0 fully saturated rings. The molecule has 0 amide bonds. The highest BCUT2D eigenvalue weighted by Crippen LogP contribution is 2.25. The Kier molecular flexibility index (Phi) is 4.25. The monoisotopic (exact) mass is 313 g/mol. The van der Waals surface area contributed by atoms with Gasteiger partial charge in [-0.25, -0.2) is 4.39 Å². The van der Waals surface area contributed by atoms with Gasteiger partial charge in [0.15, 0.2) is 0 Å². The van der Waals surface area contributed by atoms with Gasteiger partial charge < -0.3 is 10.2 Å². The summed E-state index contributed by atoms with van der Waals surface area (Å²) in [5.74, 6) is -0.303. The standard InChI is InChI=1S/C17H20FN5/c1-22(2)16(12-9-21-23(3)11-12)10-20-15-7-8-19-17-13(15)5-4-6-14(17)18/h4-9,11,16H,10H2,1-3H3,(H,19,20)/t16-/m0/s1. The predicted octanol–water partition coefficient (Wildman–Crippen LogP) is 2.82. The number of halogens is 1. The molecule has 23 heavy (non-hydrogen) atoms. The number of nitrogens with one attached hydrogen (secondary N) is 1. The van der Waals surface area contributed by atoms with E-state index in [1.165, 1.54) is 6.07 Å². The maximum atomic E-state index is 13.9. The first-order valence-corrected chi connectivity index (χ1v) is 7.48. The zero-order valence-electron chi connectivity index (χ0n) is 13.5. The Morgan fingerprint density at radius 2 is 2.13 bits per heavy atom. The Bertz CT molecular complexity index is 812. The van der Waals surface area contributed by atoms with Crippen molar-refractivity contribution in [1.29, 1.82) is 0 Å². The highest BCUT2D eigenvalue weighted by molar-refractivity contribution is 5.91. The lowest BCUT2D eigenvalue weighted by atomic mass is 10.1. The third-order valence-electron chi connectivity index (χ3n) is 3.94. The SMILES string of the molecule is CN(C)[C@@H](CNc1ccnc2c(F)cccc12)c1cnn(C)c1. The van der Waals surface area contributed by atoms with Crippen LogP contribution >= 0.6 is 0 Å². The van der Waals surface area contributed by atoms with Crippen LogP contribution in [-0.4, -0.2) is 40.3 Å². The molecule has 0 radical (unpaired) electrons. The van der Waals surface area contributed by atoms with Gasteiger partial charge in [0.1, 0.15) is 11.3 Å². The molecule has 3 rings (SSSR count). The third kappa shape index (κ3) is 3.17. The van der Waals surface area contributed by atoms with E-state index in [2.05, 4.69) is 20.3 Å². The molecule has 0 spiro atoms. The van der Waals surface area contributed by atoms with Gasteiger partial charge in [0.25, 0.3) is 0 Å². The number of para-hydroxylation sites is 1. The van der Waals surface area contributed by atoms with Crippen molar-refractivity contribution in [2.75, 3.05) is 26.0 Å². The average molecular weight is 313 g/mol. The summed E-state index contributed by atoms with van der Waals surface area (Å²) < 4.78 is 15.6. The number of aromatic nitrogens is 3. The van der Waals surface area contributed by atoms with E-state index < -0.39 is 0 Å². The first-order chi connectivity index (χ1) is 11.1. The number of pyridine rings is 1. The molecule has 120 valence electrons. The normalized spacial score (nSPS) is 12.7. The maximum absolute atomic E-state index is 13.9. The first kappa shape index (κ1) is 15.4. The number of fused-ring (bicyclic) bond motifs is 1. The molecule has 3 aromatic rings. The van der Waals surface area contributed by atoms with Crippen molar-refractivity contribution >= 4 is 16.6 Å². The molecule has 1 aromatic carbocycles. The summed E-state index contributed by atoms with van der Waals surface area (Å²) in [6.07, 6.45) is 5.51. The lowest BCUT2D eigenvalue weighted by Gasteiger charge is -2.24. The van der Waals surface area contributed by atoms with Crippen LogP contribution in [0.3, 0.4) is 0 Å². The number of rotatable bonds is 5. The van der Waals surface area contributed by atoms with Gasteiger partial charge in [-0.1, -0.05) is 12.1 Å². The van der Waals surface area contributed by atoms with E-state index in [-0.39, 0.29) is 11.9 Å². The lowest BCUT2D eigenvalue weighted by Crippen LogP contribution is -2.26. The van der Waals surface area contributed by atoms with Crippen LogP contribution in [0.15, 0.2) is 42.9 Å². The second-order valence-corrected chi connectivity index (χ2v) is 5.80. The van der Waals surface area contributed by atoms with Gasteiger partial charge in [-0.15, -0.1) is 0 Å². The quantitative estimate of drug-likeness (QED) is 0.787. The lowest BCUT2D eigenvalue weighted by molar-refractivity contribution is 0.312. The highest BCUT2D eigenvalue weighted by atomic mass is 19.1. The van der Waals surface area contributed by atoms with Crippen LogP contribution in [0.5, 0.6) is 0 Å². The van der Waals surface area contributed by atoms with Gasteiger partial charge in [0.2, 0.25) is 0 Å². The van der Waals surface area contributed by atoms with Crippen LogP contribution in [0.1, 0.15) is 11.6 Å². The molecule has 1 atom stereocenters. The molecule has 0 aliphatic heterocycles. The van der Waals surface area contributed by atoms with Gasteiger partial charge in [0, 0.05) is 42.6 Å². The van der Waals surface area contributed by atoms with Gasteiger partial charge in [-0.2, -0.15) is 5.10 Å². The number of hydrogen-bond donors (Lipinski definition) is 1. The Hall–Kier alpha value is -2.47. The molecular weight excluding hydrogens is 293 g/mol. The zero-order chi connectivity index (χ0) is 16.4. The minimum atomic E-state index is -0.303. The van der Waals surface area contributed by atoms with Gasteiger partial charge >= 0.3 is 0 Å². The number of benzene rings is 1. The van der Waals surface area contributed by atoms with Crippen LogP contribution in [0.4, 0.5) is 10.1 Å². The van der Waals surface area contributed by atoms with Crippen molar-refractivity contribution in [3.05, 3.63) is 54.2 Å². The van der Waals surface area contributed by atoms with E-state index in [4.69, 9.17) is 0 Å². The van der Waals surface area contributed by atoms with E-state index in [1.54, 1.807) is 16.9 Å². The Balaban J connectivity index is 1.86. The fourth-order valence-electron chi connectivity index (χ4n) is 2.71.